The van der Waals surface area contributed by atoms with Crippen LogP contribution < -0.4 is 10.1 Å². The van der Waals surface area contributed by atoms with Crippen LogP contribution >= 0.6 is 0 Å². The molecule has 1 aliphatic carbocycles. The highest BCUT2D eigenvalue weighted by Gasteiger charge is 2.34. The van der Waals surface area contributed by atoms with Crippen molar-refractivity contribution in [2.24, 2.45) is 0 Å². The smallest absolute Gasteiger partial charge is 0.273 e. The normalized spacial score (nSPS) is 14.7. The van der Waals surface area contributed by atoms with E-state index in [1.165, 1.54) is 23.5 Å². The standard InChI is InChI=1S/C28H30FN3O3/c1-35-24-16-12-21(13-17-24)26(27(33)31-23-7-3-2-4-8-23)32(19-20-10-14-22(29)15-11-20)28(34)25-9-5-6-18-30-25/h5-6,9-18,23,26H,2-4,7-8,19H2,1H3,(H,31,33)/t26-/m1/s1. The molecule has 1 heterocycles. The summed E-state index contributed by atoms with van der Waals surface area (Å²) in [6.07, 6.45) is 6.71. The number of hydrogen-bond acceptors (Lipinski definition) is 4. The fraction of sp³-hybridized carbons (Fsp3) is 0.321. The van der Waals surface area contributed by atoms with E-state index >= 15 is 0 Å². The largest absolute Gasteiger partial charge is 0.497 e. The molecule has 0 saturated heterocycles. The van der Waals surface area contributed by atoms with Gasteiger partial charge in [-0.15, -0.1) is 0 Å². The minimum absolute atomic E-state index is 0.0784. The second-order valence-corrected chi connectivity index (χ2v) is 8.79. The number of amides is 2. The van der Waals surface area contributed by atoms with Gasteiger partial charge in [-0.1, -0.05) is 49.6 Å². The maximum Gasteiger partial charge on any atom is 0.273 e. The van der Waals surface area contributed by atoms with Crippen molar-refractivity contribution >= 4 is 11.8 Å². The van der Waals surface area contributed by atoms with Crippen molar-refractivity contribution in [1.82, 2.24) is 15.2 Å². The Morgan fingerprint density at radius 2 is 1.74 bits per heavy atom. The Hall–Kier alpha value is -3.74. The van der Waals surface area contributed by atoms with Gasteiger partial charge in [-0.05, 0) is 60.4 Å². The minimum atomic E-state index is -0.901. The third-order valence-electron chi connectivity index (χ3n) is 6.35. The fourth-order valence-corrected chi connectivity index (χ4v) is 4.49. The first-order valence-corrected chi connectivity index (χ1v) is 12.0. The summed E-state index contributed by atoms with van der Waals surface area (Å²) in [5.41, 5.74) is 1.60. The average Bonchev–Trinajstić information content (AvgIpc) is 2.90. The summed E-state index contributed by atoms with van der Waals surface area (Å²) in [4.78, 5) is 33.2. The summed E-state index contributed by atoms with van der Waals surface area (Å²) in [5.74, 6) is -0.331. The first-order valence-electron chi connectivity index (χ1n) is 12.0. The lowest BCUT2D eigenvalue weighted by Gasteiger charge is -2.33. The number of nitrogens with zero attached hydrogens (tertiary/aromatic N) is 2. The van der Waals surface area contributed by atoms with Crippen LogP contribution in [0.1, 0.15) is 59.8 Å². The van der Waals surface area contributed by atoms with Crippen molar-refractivity contribution in [3.8, 4) is 5.75 Å². The SMILES string of the molecule is COc1ccc([C@H](C(=O)NC2CCCCC2)N(Cc2ccc(F)cc2)C(=O)c2ccccn2)cc1. The molecule has 0 radical (unpaired) electrons. The molecule has 182 valence electrons. The van der Waals surface area contributed by atoms with Crippen LogP contribution in [0.4, 0.5) is 4.39 Å². The van der Waals surface area contributed by atoms with Gasteiger partial charge in [0.2, 0.25) is 5.91 Å². The second-order valence-electron chi connectivity index (χ2n) is 8.79. The van der Waals surface area contributed by atoms with Crippen LogP contribution in [-0.4, -0.2) is 34.8 Å². The molecule has 2 aromatic carbocycles. The highest BCUT2D eigenvalue weighted by atomic mass is 19.1. The summed E-state index contributed by atoms with van der Waals surface area (Å²) >= 11 is 0. The van der Waals surface area contributed by atoms with Crippen LogP contribution in [0.25, 0.3) is 0 Å². The predicted molar refractivity (Wildman–Crippen MR) is 131 cm³/mol. The zero-order valence-electron chi connectivity index (χ0n) is 19.8. The number of rotatable bonds is 8. The second kappa shape index (κ2) is 11.6. The van der Waals surface area contributed by atoms with Crippen molar-refractivity contribution in [2.45, 2.75) is 50.7 Å². The zero-order valence-corrected chi connectivity index (χ0v) is 19.8. The van der Waals surface area contributed by atoms with E-state index < -0.39 is 6.04 Å². The number of carbonyl (C=O) groups excluding carboxylic acids is 2. The van der Waals surface area contributed by atoms with Crippen molar-refractivity contribution < 1.29 is 18.7 Å². The van der Waals surface area contributed by atoms with Crippen LogP contribution in [0.2, 0.25) is 0 Å². The Labute approximate surface area is 205 Å². The quantitative estimate of drug-likeness (QED) is 0.494. The third kappa shape index (κ3) is 6.23. The molecule has 0 unspecified atom stereocenters. The number of benzene rings is 2. The Bertz CT molecular complexity index is 1110. The maximum atomic E-state index is 13.8. The highest BCUT2D eigenvalue weighted by Crippen LogP contribution is 2.28. The number of nitrogens with one attached hydrogen (secondary N) is 1. The molecule has 1 aromatic heterocycles. The van der Waals surface area contributed by atoms with Crippen LogP contribution in [0.15, 0.2) is 72.9 Å². The van der Waals surface area contributed by atoms with E-state index in [0.29, 0.717) is 16.9 Å². The first-order chi connectivity index (χ1) is 17.0. The third-order valence-corrected chi connectivity index (χ3v) is 6.35. The van der Waals surface area contributed by atoms with Gasteiger partial charge in [0, 0.05) is 18.8 Å². The van der Waals surface area contributed by atoms with Crippen molar-refractivity contribution in [3.63, 3.8) is 0 Å². The number of ether oxygens (including phenoxy) is 1. The molecular weight excluding hydrogens is 445 g/mol. The molecule has 1 aliphatic rings. The highest BCUT2D eigenvalue weighted by molar-refractivity contribution is 5.96. The van der Waals surface area contributed by atoms with E-state index in [-0.39, 0.29) is 35.9 Å². The lowest BCUT2D eigenvalue weighted by Crippen LogP contribution is -2.47. The van der Waals surface area contributed by atoms with Gasteiger partial charge in [0.15, 0.2) is 0 Å². The predicted octanol–water partition coefficient (Wildman–Crippen LogP) is 5.06. The van der Waals surface area contributed by atoms with Gasteiger partial charge < -0.3 is 15.0 Å². The molecule has 1 saturated carbocycles. The topological polar surface area (TPSA) is 71.5 Å². The summed E-state index contributed by atoms with van der Waals surface area (Å²) in [6.45, 7) is 0.116. The van der Waals surface area contributed by atoms with Gasteiger partial charge in [0.1, 0.15) is 23.3 Å². The summed E-state index contributed by atoms with van der Waals surface area (Å²) in [5, 5.41) is 3.18. The summed E-state index contributed by atoms with van der Waals surface area (Å²) in [6, 6.07) is 17.4. The number of pyridine rings is 1. The van der Waals surface area contributed by atoms with Gasteiger partial charge in [-0.2, -0.15) is 0 Å². The van der Waals surface area contributed by atoms with Crippen LogP contribution in [0.5, 0.6) is 5.75 Å². The Kier molecular flexibility index (Phi) is 8.08. The minimum Gasteiger partial charge on any atom is -0.497 e. The van der Waals surface area contributed by atoms with E-state index in [0.717, 1.165) is 25.7 Å². The summed E-state index contributed by atoms with van der Waals surface area (Å²) in [7, 11) is 1.58. The average molecular weight is 476 g/mol. The van der Waals surface area contributed by atoms with Gasteiger partial charge in [-0.25, -0.2) is 4.39 Å². The fourth-order valence-electron chi connectivity index (χ4n) is 4.49. The van der Waals surface area contributed by atoms with E-state index in [9.17, 15) is 14.0 Å². The molecule has 6 nitrogen and oxygen atoms in total. The lowest BCUT2D eigenvalue weighted by molar-refractivity contribution is -0.127. The monoisotopic (exact) mass is 475 g/mol. The molecule has 1 N–H and O–H groups in total. The lowest BCUT2D eigenvalue weighted by atomic mass is 9.94. The number of hydrogen-bond donors (Lipinski definition) is 1. The van der Waals surface area contributed by atoms with Gasteiger partial charge in [0.05, 0.1) is 7.11 Å². The molecule has 0 bridgehead atoms. The molecule has 0 aliphatic heterocycles. The van der Waals surface area contributed by atoms with Gasteiger partial charge in [0.25, 0.3) is 5.91 Å². The number of halogens is 1. The van der Waals surface area contributed by atoms with Crippen molar-refractivity contribution in [2.75, 3.05) is 7.11 Å². The van der Waals surface area contributed by atoms with Gasteiger partial charge >= 0.3 is 0 Å². The number of aromatic nitrogens is 1. The first kappa shape index (κ1) is 24.4. The molecule has 2 amide bonds. The Balaban J connectivity index is 1.73. The summed E-state index contributed by atoms with van der Waals surface area (Å²) < 4.78 is 18.9. The molecule has 1 fully saturated rings. The maximum absolute atomic E-state index is 13.8. The van der Waals surface area contributed by atoms with E-state index in [2.05, 4.69) is 10.3 Å². The molecule has 4 rings (SSSR count). The Morgan fingerprint density at radius 3 is 2.37 bits per heavy atom. The van der Waals surface area contributed by atoms with Crippen molar-refractivity contribution in [1.29, 1.82) is 0 Å². The molecule has 35 heavy (non-hydrogen) atoms. The Morgan fingerprint density at radius 1 is 1.03 bits per heavy atom. The zero-order chi connectivity index (χ0) is 24.6. The number of carbonyl (C=O) groups is 2. The van der Waals surface area contributed by atoms with Crippen LogP contribution in [-0.2, 0) is 11.3 Å². The number of methoxy groups -OCH3 is 1. The molecule has 3 aromatic rings. The van der Waals surface area contributed by atoms with Gasteiger partial charge in [-0.3, -0.25) is 14.6 Å². The van der Waals surface area contributed by atoms with Crippen LogP contribution in [0, 0.1) is 5.82 Å². The van der Waals surface area contributed by atoms with E-state index in [1.807, 2.05) is 0 Å². The van der Waals surface area contributed by atoms with Crippen LogP contribution in [0.3, 0.4) is 0 Å². The molecular formula is C28H30FN3O3. The molecule has 7 heteroatoms. The van der Waals surface area contributed by atoms with E-state index in [1.54, 1.807) is 67.9 Å². The van der Waals surface area contributed by atoms with Crippen molar-refractivity contribution in [3.05, 3.63) is 95.6 Å². The molecule has 1 atom stereocenters. The van der Waals surface area contributed by atoms with E-state index in [4.69, 9.17) is 4.74 Å². The molecule has 0 spiro atoms.